The second-order valence-corrected chi connectivity index (χ2v) is 4.57. The van der Waals surface area contributed by atoms with Gasteiger partial charge in [-0.3, -0.25) is 4.90 Å². The molecule has 3 heteroatoms. The van der Waals surface area contributed by atoms with E-state index >= 15 is 0 Å². The predicted molar refractivity (Wildman–Crippen MR) is 69.0 cm³/mol. The van der Waals surface area contributed by atoms with E-state index in [1.165, 1.54) is 7.11 Å². The first-order valence-electron chi connectivity index (χ1n) is 5.45. The molecule has 92 valence electrons. The van der Waals surface area contributed by atoms with Gasteiger partial charge in [-0.05, 0) is 38.6 Å². The second kappa shape index (κ2) is 5.11. The summed E-state index contributed by atoms with van der Waals surface area (Å²) in [7, 11) is 3.51. The molecule has 3 nitrogen and oxygen atoms in total. The minimum Gasteiger partial charge on any atom is -0.504 e. The molecule has 0 bridgehead atoms. The van der Waals surface area contributed by atoms with Crippen LogP contribution in [-0.2, 0) is 6.54 Å². The highest BCUT2D eigenvalue weighted by atomic mass is 16.5. The molecule has 1 N–H and O–H groups in total. The molecule has 0 amide bonds. The maximum atomic E-state index is 9.50. The Morgan fingerprint density at radius 2 is 2.12 bits per heavy atom. The van der Waals surface area contributed by atoms with Gasteiger partial charge >= 0.3 is 0 Å². The summed E-state index contributed by atoms with van der Waals surface area (Å²) in [6.45, 7) is 4.68. The number of nitrogens with zero attached hydrogens (tertiary/aromatic N) is 1. The lowest BCUT2D eigenvalue weighted by Gasteiger charge is -2.30. The first-order chi connectivity index (χ1) is 7.90. The number of phenols is 1. The molecule has 0 radical (unpaired) electrons. The summed E-state index contributed by atoms with van der Waals surface area (Å²) in [5.41, 5.74) is 0.746. The van der Waals surface area contributed by atoms with E-state index in [4.69, 9.17) is 11.2 Å². The third kappa shape index (κ3) is 3.15. The number of methoxy groups -OCH3 is 1. The lowest BCUT2D eigenvalue weighted by Crippen LogP contribution is -2.38. The van der Waals surface area contributed by atoms with E-state index in [0.717, 1.165) is 5.56 Å². The van der Waals surface area contributed by atoms with Crippen molar-refractivity contribution in [1.29, 1.82) is 0 Å². The van der Waals surface area contributed by atoms with Gasteiger partial charge in [0.05, 0.1) is 12.6 Å². The van der Waals surface area contributed by atoms with Crippen LogP contribution in [0.1, 0.15) is 19.4 Å². The van der Waals surface area contributed by atoms with Crippen LogP contribution in [0.4, 0.5) is 0 Å². The maximum Gasteiger partial charge on any atom is 0.160 e. The van der Waals surface area contributed by atoms with Gasteiger partial charge in [-0.25, -0.2) is 0 Å². The van der Waals surface area contributed by atoms with Crippen molar-refractivity contribution in [1.82, 2.24) is 4.90 Å². The van der Waals surface area contributed by atoms with Gasteiger partial charge in [-0.15, -0.1) is 6.42 Å². The normalized spacial score (nSPS) is 11.3. The summed E-state index contributed by atoms with van der Waals surface area (Å²) in [6, 6.07) is 5.31. The summed E-state index contributed by atoms with van der Waals surface area (Å²) in [5, 5.41) is 9.50. The molecular weight excluding hydrogens is 214 g/mol. The van der Waals surface area contributed by atoms with Crippen LogP contribution in [0.2, 0.25) is 0 Å². The third-order valence-corrected chi connectivity index (χ3v) is 2.97. The Morgan fingerprint density at radius 1 is 1.47 bits per heavy atom. The van der Waals surface area contributed by atoms with E-state index in [2.05, 4.69) is 10.8 Å². The summed E-state index contributed by atoms with van der Waals surface area (Å²) >= 11 is 0. The Morgan fingerprint density at radius 3 is 2.65 bits per heavy atom. The molecule has 0 unspecified atom stereocenters. The topological polar surface area (TPSA) is 32.7 Å². The van der Waals surface area contributed by atoms with E-state index in [0.29, 0.717) is 12.3 Å². The number of terminal acetylenes is 1. The first kappa shape index (κ1) is 13.4. The van der Waals surface area contributed by atoms with Gasteiger partial charge in [-0.2, -0.15) is 0 Å². The maximum absolute atomic E-state index is 9.50. The van der Waals surface area contributed by atoms with Crippen molar-refractivity contribution < 1.29 is 9.84 Å². The molecule has 1 aromatic rings. The summed E-state index contributed by atoms with van der Waals surface area (Å²) < 4.78 is 5.07. The zero-order valence-electron chi connectivity index (χ0n) is 10.8. The molecule has 0 spiro atoms. The van der Waals surface area contributed by atoms with E-state index < -0.39 is 0 Å². The van der Waals surface area contributed by atoms with Crippen LogP contribution in [0, 0.1) is 12.3 Å². The third-order valence-electron chi connectivity index (χ3n) is 2.97. The fraction of sp³-hybridized carbons (Fsp3) is 0.429. The van der Waals surface area contributed by atoms with Gasteiger partial charge in [0.25, 0.3) is 0 Å². The van der Waals surface area contributed by atoms with Crippen molar-refractivity contribution in [2.24, 2.45) is 0 Å². The number of rotatable bonds is 4. The van der Waals surface area contributed by atoms with Gasteiger partial charge in [0.2, 0.25) is 0 Å². The number of benzene rings is 1. The van der Waals surface area contributed by atoms with Gasteiger partial charge in [-0.1, -0.05) is 12.0 Å². The standard InChI is InChI=1S/C14H19NO2/c1-6-14(2,3)15(4)10-11-7-8-12(16)13(9-11)17-5/h1,7-9,16H,10H2,2-5H3. The minimum atomic E-state index is -0.300. The Bertz CT molecular complexity index is 432. The number of phenolic OH excluding ortho intramolecular Hbond substituents is 1. The monoisotopic (exact) mass is 233 g/mol. The number of aromatic hydroxyl groups is 1. The molecule has 0 saturated heterocycles. The molecule has 0 heterocycles. The van der Waals surface area contributed by atoms with Gasteiger partial charge in [0.1, 0.15) is 0 Å². The largest absolute Gasteiger partial charge is 0.504 e. The first-order valence-corrected chi connectivity index (χ1v) is 5.45. The highest BCUT2D eigenvalue weighted by Crippen LogP contribution is 2.27. The van der Waals surface area contributed by atoms with E-state index in [1.54, 1.807) is 6.07 Å². The zero-order valence-corrected chi connectivity index (χ0v) is 10.8. The average Bonchev–Trinajstić information content (AvgIpc) is 2.31. The lowest BCUT2D eigenvalue weighted by atomic mass is 10.0. The molecule has 1 rings (SSSR count). The van der Waals surface area contributed by atoms with Crippen LogP contribution in [0.5, 0.6) is 11.5 Å². The van der Waals surface area contributed by atoms with Gasteiger partial charge in [0.15, 0.2) is 11.5 Å². The predicted octanol–water partition coefficient (Wildman–Crippen LogP) is 2.24. The number of hydrogen-bond donors (Lipinski definition) is 1. The zero-order chi connectivity index (χ0) is 13.1. The molecule has 0 atom stereocenters. The van der Waals surface area contributed by atoms with Gasteiger partial charge < -0.3 is 9.84 Å². The molecule has 0 aliphatic carbocycles. The molecule has 17 heavy (non-hydrogen) atoms. The molecule has 0 fully saturated rings. The fourth-order valence-corrected chi connectivity index (χ4v) is 1.40. The van der Waals surface area contributed by atoms with Gasteiger partial charge in [0, 0.05) is 6.54 Å². The van der Waals surface area contributed by atoms with Crippen LogP contribution >= 0.6 is 0 Å². The van der Waals surface area contributed by atoms with Crippen molar-refractivity contribution in [3.63, 3.8) is 0 Å². The van der Waals surface area contributed by atoms with E-state index in [9.17, 15) is 5.11 Å². The second-order valence-electron chi connectivity index (χ2n) is 4.57. The Kier molecular flexibility index (Phi) is 4.03. The van der Waals surface area contributed by atoms with Crippen molar-refractivity contribution >= 4 is 0 Å². The number of hydrogen-bond acceptors (Lipinski definition) is 3. The van der Waals surface area contributed by atoms with Crippen LogP contribution in [0.15, 0.2) is 18.2 Å². The van der Waals surface area contributed by atoms with E-state index in [1.807, 2.05) is 33.0 Å². The summed E-state index contributed by atoms with van der Waals surface area (Å²) in [4.78, 5) is 2.07. The lowest BCUT2D eigenvalue weighted by molar-refractivity contribution is 0.205. The highest BCUT2D eigenvalue weighted by molar-refractivity contribution is 5.41. The van der Waals surface area contributed by atoms with Crippen LogP contribution in [0.25, 0.3) is 0 Å². The van der Waals surface area contributed by atoms with Crippen molar-refractivity contribution in [2.75, 3.05) is 14.2 Å². The quantitative estimate of drug-likeness (QED) is 0.810. The van der Waals surface area contributed by atoms with Crippen LogP contribution in [-0.4, -0.2) is 29.7 Å². The Balaban J connectivity index is 2.86. The smallest absolute Gasteiger partial charge is 0.160 e. The van der Waals surface area contributed by atoms with Crippen molar-refractivity contribution in [3.8, 4) is 23.8 Å². The van der Waals surface area contributed by atoms with Crippen molar-refractivity contribution in [2.45, 2.75) is 25.9 Å². The molecule has 0 aliphatic rings. The van der Waals surface area contributed by atoms with Crippen molar-refractivity contribution in [3.05, 3.63) is 23.8 Å². The minimum absolute atomic E-state index is 0.148. The average molecular weight is 233 g/mol. The summed E-state index contributed by atoms with van der Waals surface area (Å²) in [5.74, 6) is 3.38. The van der Waals surface area contributed by atoms with Crippen LogP contribution < -0.4 is 4.74 Å². The molecule has 0 saturated carbocycles. The number of ether oxygens (including phenoxy) is 1. The van der Waals surface area contributed by atoms with E-state index in [-0.39, 0.29) is 11.3 Å². The Labute approximate surface area is 103 Å². The molecule has 0 aromatic heterocycles. The molecule has 0 aliphatic heterocycles. The fourth-order valence-electron chi connectivity index (χ4n) is 1.40. The highest BCUT2D eigenvalue weighted by Gasteiger charge is 2.20. The SMILES string of the molecule is C#CC(C)(C)N(C)Cc1ccc(O)c(OC)c1. The molecule has 1 aromatic carbocycles. The Hall–Kier alpha value is -1.66. The summed E-state index contributed by atoms with van der Waals surface area (Å²) in [6.07, 6.45) is 5.48. The molecular formula is C14H19NO2. The van der Waals surface area contributed by atoms with Crippen LogP contribution in [0.3, 0.4) is 0 Å².